The Morgan fingerprint density at radius 1 is 0.625 bits per heavy atom. The van der Waals surface area contributed by atoms with Gasteiger partial charge < -0.3 is 20.1 Å². The number of ether oxygens (including phenoxy) is 2. The van der Waals surface area contributed by atoms with E-state index in [0.717, 1.165) is 11.1 Å². The molecule has 2 N–H and O–H groups in total. The molecule has 14 heteroatoms. The quantitative estimate of drug-likeness (QED) is 0.109. The first-order valence-corrected chi connectivity index (χ1v) is 18.3. The summed E-state index contributed by atoms with van der Waals surface area (Å²) in [7, 11) is 0. The molecular formula is C42H44N8O6. The minimum Gasteiger partial charge on any atom is -0.461 e. The third kappa shape index (κ3) is 10.4. The van der Waals surface area contributed by atoms with Crippen molar-refractivity contribution in [1.29, 1.82) is 0 Å². The molecule has 288 valence electrons. The van der Waals surface area contributed by atoms with Crippen LogP contribution in [-0.4, -0.2) is 41.5 Å². The number of pyridine rings is 2. The molecule has 0 fully saturated rings. The van der Waals surface area contributed by atoms with E-state index in [0.29, 0.717) is 71.2 Å². The first-order chi connectivity index (χ1) is 27.2. The molecule has 0 saturated heterocycles. The van der Waals surface area contributed by atoms with Gasteiger partial charge in [0.15, 0.2) is 0 Å². The molecule has 4 aromatic heterocycles. The van der Waals surface area contributed by atoms with Crippen molar-refractivity contribution in [2.45, 2.75) is 66.8 Å². The Morgan fingerprint density at radius 2 is 1.07 bits per heavy atom. The molecule has 0 aliphatic carbocycles. The summed E-state index contributed by atoms with van der Waals surface area (Å²) in [5, 5.41) is 15.3. The van der Waals surface area contributed by atoms with Crippen LogP contribution in [-0.2, 0) is 45.4 Å². The predicted molar refractivity (Wildman–Crippen MR) is 214 cm³/mol. The molecule has 6 rings (SSSR count). The molecule has 4 heterocycles. The second-order valence-electron chi connectivity index (χ2n) is 12.3. The highest BCUT2D eigenvalue weighted by Gasteiger charge is 2.22. The Hall–Kier alpha value is -6.96. The summed E-state index contributed by atoms with van der Waals surface area (Å²) >= 11 is 0. The van der Waals surface area contributed by atoms with Gasteiger partial charge in [-0.2, -0.15) is 10.2 Å². The molecule has 0 spiro atoms. The maximum Gasteiger partial charge on any atom is 0.306 e. The van der Waals surface area contributed by atoms with Crippen LogP contribution in [0.5, 0.6) is 0 Å². The van der Waals surface area contributed by atoms with Crippen molar-refractivity contribution in [2.75, 3.05) is 10.6 Å². The Bertz CT molecular complexity index is 2340. The van der Waals surface area contributed by atoms with E-state index in [1.807, 2.05) is 87.5 Å². The number of hydrogen-bond donors (Lipinski definition) is 2. The van der Waals surface area contributed by atoms with Crippen LogP contribution in [0.1, 0.15) is 51.7 Å². The van der Waals surface area contributed by atoms with Crippen molar-refractivity contribution >= 4 is 34.7 Å². The van der Waals surface area contributed by atoms with Gasteiger partial charge in [-0.3, -0.25) is 29.1 Å². The lowest BCUT2D eigenvalue weighted by molar-refractivity contribution is -0.145. The fourth-order valence-corrected chi connectivity index (χ4v) is 5.59. The summed E-state index contributed by atoms with van der Waals surface area (Å²) in [6.45, 7) is 7.67. The van der Waals surface area contributed by atoms with Crippen LogP contribution in [0.2, 0.25) is 0 Å². The third-order valence-electron chi connectivity index (χ3n) is 8.32. The largest absolute Gasteiger partial charge is 0.461 e. The maximum atomic E-state index is 13.1. The number of anilines is 4. The first-order valence-electron chi connectivity index (χ1n) is 18.3. The number of benzene rings is 2. The van der Waals surface area contributed by atoms with E-state index in [-0.39, 0.29) is 30.3 Å². The van der Waals surface area contributed by atoms with Gasteiger partial charge in [0.05, 0.1) is 35.2 Å². The second kappa shape index (κ2) is 19.9. The van der Waals surface area contributed by atoms with Gasteiger partial charge in [0.2, 0.25) is 0 Å². The van der Waals surface area contributed by atoms with Gasteiger partial charge in [0, 0.05) is 61.1 Å². The smallest absolute Gasteiger partial charge is 0.306 e. The summed E-state index contributed by atoms with van der Waals surface area (Å²) in [4.78, 5) is 57.5. The van der Waals surface area contributed by atoms with Gasteiger partial charge in [-0.15, -0.1) is 0 Å². The highest BCUT2D eigenvalue weighted by Crippen LogP contribution is 2.29. The summed E-state index contributed by atoms with van der Waals surface area (Å²) in [6, 6.07) is 26.2. The highest BCUT2D eigenvalue weighted by atomic mass is 16.5. The summed E-state index contributed by atoms with van der Waals surface area (Å²) in [5.41, 5.74) is 5.33. The van der Waals surface area contributed by atoms with E-state index in [2.05, 4.69) is 30.8 Å². The molecule has 14 nitrogen and oxygen atoms in total. The normalized spacial score (nSPS) is 10.5. The number of carbonyl (C=O) groups is 2. The monoisotopic (exact) mass is 756 g/mol. The van der Waals surface area contributed by atoms with E-state index in [9.17, 15) is 19.2 Å². The second-order valence-corrected chi connectivity index (χ2v) is 12.3. The van der Waals surface area contributed by atoms with Gasteiger partial charge in [-0.25, -0.2) is 9.36 Å². The Morgan fingerprint density at radius 3 is 1.45 bits per heavy atom. The third-order valence-corrected chi connectivity index (χ3v) is 8.32. The average molecular weight is 757 g/mol. The van der Waals surface area contributed by atoms with Gasteiger partial charge >= 0.3 is 11.9 Å². The van der Waals surface area contributed by atoms with E-state index in [1.54, 1.807) is 43.0 Å². The minimum atomic E-state index is -0.430. The van der Waals surface area contributed by atoms with E-state index < -0.39 is 5.97 Å². The van der Waals surface area contributed by atoms with Crippen molar-refractivity contribution in [2.24, 2.45) is 0 Å². The number of hydrogen-bond acceptors (Lipinski definition) is 12. The zero-order valence-corrected chi connectivity index (χ0v) is 31.8. The van der Waals surface area contributed by atoms with Crippen LogP contribution in [0, 0.1) is 0 Å². The number of carbonyl (C=O) groups excluding carboxylic acids is 2. The molecule has 0 aliphatic heterocycles. The minimum absolute atomic E-state index is 0.0432. The van der Waals surface area contributed by atoms with Crippen molar-refractivity contribution < 1.29 is 19.1 Å². The Labute approximate surface area is 324 Å². The number of aromatic nitrogens is 6. The fourth-order valence-electron chi connectivity index (χ4n) is 5.59. The van der Waals surface area contributed by atoms with Crippen LogP contribution < -0.4 is 21.8 Å². The van der Waals surface area contributed by atoms with Crippen LogP contribution in [0.25, 0.3) is 22.5 Å². The SMILES string of the molecule is CCCC(=O)OCc1c(-c2ccccc2)nn(CC)c(=O)c1Nc1cccnc1.CCn1nc(-c2ccccc2)c(COC(C)=O)c(Nc2cccnc2)c1=O. The average Bonchev–Trinajstić information content (AvgIpc) is 3.23. The van der Waals surface area contributed by atoms with Gasteiger partial charge in [0.25, 0.3) is 11.1 Å². The Balaban J connectivity index is 0.000000215. The molecule has 0 bridgehead atoms. The van der Waals surface area contributed by atoms with Crippen LogP contribution in [0.15, 0.2) is 119 Å². The molecule has 0 aliphatic rings. The van der Waals surface area contributed by atoms with Crippen molar-refractivity contribution in [3.05, 3.63) is 142 Å². The number of aryl methyl sites for hydroxylation is 2. The highest BCUT2D eigenvalue weighted by molar-refractivity contribution is 5.75. The number of nitrogens with zero attached hydrogens (tertiary/aromatic N) is 6. The summed E-state index contributed by atoms with van der Waals surface area (Å²) in [5.74, 6) is -0.737. The van der Waals surface area contributed by atoms with Crippen molar-refractivity contribution in [3.63, 3.8) is 0 Å². The molecule has 0 saturated carbocycles. The van der Waals surface area contributed by atoms with Gasteiger partial charge in [0.1, 0.15) is 24.6 Å². The first kappa shape index (κ1) is 40.2. The summed E-state index contributed by atoms with van der Waals surface area (Å²) < 4.78 is 13.5. The van der Waals surface area contributed by atoms with E-state index >= 15 is 0 Å². The maximum absolute atomic E-state index is 13.1. The number of esters is 2. The van der Waals surface area contributed by atoms with Crippen molar-refractivity contribution in [1.82, 2.24) is 29.5 Å². The van der Waals surface area contributed by atoms with E-state index in [1.165, 1.54) is 16.3 Å². The van der Waals surface area contributed by atoms with Gasteiger partial charge in [-0.1, -0.05) is 67.6 Å². The molecule has 0 amide bonds. The van der Waals surface area contributed by atoms with Crippen LogP contribution in [0.3, 0.4) is 0 Å². The lowest BCUT2D eigenvalue weighted by atomic mass is 10.1. The predicted octanol–water partition coefficient (Wildman–Crippen LogP) is 7.04. The standard InChI is InChI=1S/C22H24N4O3.C20H20N4O3/c1-3-9-19(27)29-15-18-20(16-10-6-5-7-11-16)25-26(4-2)22(28)21(18)24-17-12-8-13-23-14-17;1-3-24-20(26)19(22-16-10-7-11-21-12-16)17(13-27-14(2)25)18(23-24)15-8-5-4-6-9-15/h5-8,10-14,24H,3-4,9,15H2,1-2H3;4-12,22H,3,13H2,1-2H3. The summed E-state index contributed by atoms with van der Waals surface area (Å²) in [6.07, 6.45) is 7.58. The lowest BCUT2D eigenvalue weighted by Crippen LogP contribution is -2.27. The molecule has 0 atom stereocenters. The molecule has 0 radical (unpaired) electrons. The number of nitrogens with one attached hydrogen (secondary N) is 2. The van der Waals surface area contributed by atoms with Crippen LogP contribution >= 0.6 is 0 Å². The number of rotatable bonds is 14. The Kier molecular flexibility index (Phi) is 14.3. The van der Waals surface area contributed by atoms with Crippen LogP contribution in [0.4, 0.5) is 22.7 Å². The molecule has 2 aromatic carbocycles. The molecule has 6 aromatic rings. The van der Waals surface area contributed by atoms with E-state index in [4.69, 9.17) is 9.47 Å². The molecule has 0 unspecified atom stereocenters. The lowest BCUT2D eigenvalue weighted by Gasteiger charge is -2.17. The molecule has 56 heavy (non-hydrogen) atoms. The topological polar surface area (TPSA) is 172 Å². The van der Waals surface area contributed by atoms with Crippen molar-refractivity contribution in [3.8, 4) is 22.5 Å². The zero-order valence-electron chi connectivity index (χ0n) is 31.8. The zero-order chi connectivity index (χ0) is 39.9. The van der Waals surface area contributed by atoms with Gasteiger partial charge in [-0.05, 0) is 44.5 Å². The molecular weight excluding hydrogens is 713 g/mol. The fraction of sp³-hybridized carbons (Fsp3) is 0.238.